The molecule has 1 radical (unpaired) electrons. The fraction of sp³-hybridized carbons (Fsp3) is 0.238. The Morgan fingerprint density at radius 2 is 1.38 bits per heavy atom. The van der Waals surface area contributed by atoms with Crippen LogP contribution >= 0.6 is 0 Å². The zero-order chi connectivity index (χ0) is 14.4. The molecule has 0 amide bonds. The molecule has 0 atom stereocenters. The molecule has 121 valence electrons. The van der Waals surface area contributed by atoms with Crippen molar-refractivity contribution in [2.24, 2.45) is 5.92 Å². The number of rotatable bonds is 2. The molecule has 0 fully saturated rings. The first-order valence-electron chi connectivity index (χ1n) is 7.76. The molecule has 0 nitrogen and oxygen atoms in total. The van der Waals surface area contributed by atoms with Crippen molar-refractivity contribution in [3.05, 3.63) is 83.0 Å². The zero-order valence-corrected chi connectivity index (χ0v) is 17.8. The van der Waals surface area contributed by atoms with Gasteiger partial charge in [0.1, 0.15) is 0 Å². The Kier molecular flexibility index (Phi) is 7.73. The van der Waals surface area contributed by atoms with Gasteiger partial charge in [-0.3, -0.25) is 6.08 Å². The molecule has 0 N–H and O–H groups in total. The predicted octanol–water partition coefficient (Wildman–Crippen LogP) is -0.480. The van der Waals surface area contributed by atoms with E-state index in [0.717, 1.165) is 6.42 Å². The van der Waals surface area contributed by atoms with Crippen molar-refractivity contribution in [2.75, 3.05) is 0 Å². The van der Waals surface area contributed by atoms with Crippen LogP contribution in [-0.4, -0.2) is 0 Å². The van der Waals surface area contributed by atoms with Crippen LogP contribution in [0, 0.1) is 12.0 Å². The quantitative estimate of drug-likeness (QED) is 0.562. The summed E-state index contributed by atoms with van der Waals surface area (Å²) in [5.41, 5.74) is 8.54. The van der Waals surface area contributed by atoms with Crippen LogP contribution in [0.15, 0.2) is 65.8 Å². The van der Waals surface area contributed by atoms with Crippen LogP contribution in [0.5, 0.6) is 0 Å². The van der Waals surface area contributed by atoms with E-state index in [1.54, 1.807) is 0 Å². The van der Waals surface area contributed by atoms with Gasteiger partial charge in [0.15, 0.2) is 0 Å². The van der Waals surface area contributed by atoms with Crippen LogP contribution in [0.25, 0.3) is 11.1 Å². The number of fused-ring (bicyclic) bond motifs is 3. The molecule has 0 unspecified atom stereocenters. The van der Waals surface area contributed by atoms with Crippen molar-refractivity contribution in [3.8, 4) is 11.1 Å². The van der Waals surface area contributed by atoms with E-state index in [1.807, 2.05) is 0 Å². The normalized spacial score (nSPS) is 14.6. The Labute approximate surface area is 176 Å². The number of halogens is 2. The molecule has 4 rings (SSSR count). The average Bonchev–Trinajstić information content (AvgIpc) is 3.09. The maximum Gasteiger partial charge on any atom is 3.00 e. The van der Waals surface area contributed by atoms with Crippen LogP contribution < -0.4 is 24.8 Å². The van der Waals surface area contributed by atoms with Crippen molar-refractivity contribution >= 4 is 0 Å². The van der Waals surface area contributed by atoms with Crippen LogP contribution in [0.1, 0.15) is 37.3 Å². The third-order valence-electron chi connectivity index (χ3n) is 4.67. The minimum Gasteiger partial charge on any atom is -1.00 e. The maximum absolute atomic E-state index is 3.64. The molecule has 2 aromatic carbocycles. The molecule has 24 heavy (non-hydrogen) atoms. The first-order valence-corrected chi connectivity index (χ1v) is 7.76. The van der Waals surface area contributed by atoms with E-state index in [2.05, 4.69) is 74.5 Å². The molecule has 3 heteroatoms. The summed E-state index contributed by atoms with van der Waals surface area (Å²) in [6, 6.07) is 17.7. The molecule has 2 aliphatic carbocycles. The fourth-order valence-corrected chi connectivity index (χ4v) is 3.76. The Morgan fingerprint density at radius 1 is 0.875 bits per heavy atom. The summed E-state index contributed by atoms with van der Waals surface area (Å²) in [7, 11) is 0. The average molecular weight is 434 g/mol. The molecule has 0 saturated heterocycles. The second-order valence-electron chi connectivity index (χ2n) is 6.22. The smallest absolute Gasteiger partial charge is 1.00 e. The zero-order valence-electron chi connectivity index (χ0n) is 13.8. The molecule has 2 aliphatic rings. The van der Waals surface area contributed by atoms with Crippen molar-refractivity contribution in [1.82, 2.24) is 0 Å². The minimum absolute atomic E-state index is 0. The Hall–Kier alpha value is -0.617. The van der Waals surface area contributed by atoms with E-state index in [4.69, 9.17) is 0 Å². The van der Waals surface area contributed by atoms with E-state index < -0.39 is 0 Å². The largest absolute Gasteiger partial charge is 3.00 e. The number of allylic oxidation sites excluding steroid dienone is 4. The van der Waals surface area contributed by atoms with Gasteiger partial charge in [-0.1, -0.05) is 68.3 Å². The molecule has 0 aromatic heterocycles. The molecule has 0 saturated carbocycles. The standard InChI is InChI=1S/C21H19.2ClH.Zr/c1-14(2)15-12-7-13-18(15)21-19-10-5-3-8-16(19)17-9-4-6-11-20(17)21;;;/h3-6,8-12,14,21H,7H2,1-2H3;2*1H;/q-1;;;+3/p-2. The van der Waals surface area contributed by atoms with Crippen LogP contribution in [0.4, 0.5) is 0 Å². The van der Waals surface area contributed by atoms with Gasteiger partial charge in [-0.05, 0) is 22.3 Å². The monoisotopic (exact) mass is 431 g/mol. The summed E-state index contributed by atoms with van der Waals surface area (Å²) in [5.74, 6) is 0.934. The number of hydrogen-bond donors (Lipinski definition) is 0. The molecular formula is C21H19Cl2Zr. The van der Waals surface area contributed by atoms with Crippen LogP contribution in [-0.2, 0) is 26.2 Å². The van der Waals surface area contributed by atoms with Gasteiger partial charge >= 0.3 is 26.2 Å². The molecule has 2 aromatic rings. The van der Waals surface area contributed by atoms with Gasteiger partial charge in [-0.25, -0.2) is 5.57 Å². The summed E-state index contributed by atoms with van der Waals surface area (Å²) in [4.78, 5) is 0. The summed E-state index contributed by atoms with van der Waals surface area (Å²) in [6.45, 7) is 4.57. The predicted molar refractivity (Wildman–Crippen MR) is 88.0 cm³/mol. The van der Waals surface area contributed by atoms with Gasteiger partial charge in [0, 0.05) is 5.92 Å². The van der Waals surface area contributed by atoms with Gasteiger partial charge in [-0.2, -0.15) is 11.6 Å². The maximum atomic E-state index is 3.64. The second-order valence-corrected chi connectivity index (χ2v) is 6.22. The Bertz CT molecular complexity index is 729. The van der Waals surface area contributed by atoms with Crippen molar-refractivity contribution < 1.29 is 51.0 Å². The fourth-order valence-electron chi connectivity index (χ4n) is 3.76. The minimum atomic E-state index is 0. The van der Waals surface area contributed by atoms with Gasteiger partial charge < -0.3 is 24.8 Å². The van der Waals surface area contributed by atoms with Crippen molar-refractivity contribution in [1.29, 1.82) is 0 Å². The van der Waals surface area contributed by atoms with E-state index in [1.165, 1.54) is 33.4 Å². The van der Waals surface area contributed by atoms with Gasteiger partial charge in [0.2, 0.25) is 0 Å². The van der Waals surface area contributed by atoms with E-state index in [0.29, 0.717) is 11.8 Å². The first-order chi connectivity index (χ1) is 10.3. The first kappa shape index (κ1) is 21.4. The molecule has 0 spiro atoms. The summed E-state index contributed by atoms with van der Waals surface area (Å²) in [6.07, 6.45) is 6.95. The third-order valence-corrected chi connectivity index (χ3v) is 4.67. The molecular weight excluding hydrogens is 414 g/mol. The van der Waals surface area contributed by atoms with Crippen LogP contribution in [0.3, 0.4) is 0 Å². The summed E-state index contributed by atoms with van der Waals surface area (Å²) in [5, 5.41) is 0. The summed E-state index contributed by atoms with van der Waals surface area (Å²) >= 11 is 0. The SMILES string of the molecule is CC(C)C1=CC[C-]=C1C1c2ccccc2-c2ccccc21.[Cl-].[Cl-].[Zr+3]. The van der Waals surface area contributed by atoms with Crippen molar-refractivity contribution in [3.63, 3.8) is 0 Å². The number of benzene rings is 2. The van der Waals surface area contributed by atoms with Crippen molar-refractivity contribution in [2.45, 2.75) is 26.2 Å². The van der Waals surface area contributed by atoms with Gasteiger partial charge in [0.25, 0.3) is 0 Å². The van der Waals surface area contributed by atoms with E-state index in [-0.39, 0.29) is 51.0 Å². The second kappa shape index (κ2) is 8.66. The number of hydrogen-bond acceptors (Lipinski definition) is 0. The molecule has 0 bridgehead atoms. The van der Waals surface area contributed by atoms with Gasteiger partial charge in [0.05, 0.1) is 0 Å². The third kappa shape index (κ3) is 3.36. The van der Waals surface area contributed by atoms with E-state index >= 15 is 0 Å². The topological polar surface area (TPSA) is 0 Å². The van der Waals surface area contributed by atoms with E-state index in [9.17, 15) is 0 Å². The van der Waals surface area contributed by atoms with Gasteiger partial charge in [-0.15, -0.1) is 6.42 Å². The summed E-state index contributed by atoms with van der Waals surface area (Å²) < 4.78 is 0. The Balaban J connectivity index is 0.000000960. The molecule has 0 aliphatic heterocycles. The molecule has 0 heterocycles. The van der Waals surface area contributed by atoms with Crippen LogP contribution in [0.2, 0.25) is 0 Å². The Morgan fingerprint density at radius 3 is 1.88 bits per heavy atom.